The lowest BCUT2D eigenvalue weighted by Gasteiger charge is -2.44. The number of benzene rings is 2. The van der Waals surface area contributed by atoms with Gasteiger partial charge in [-0.1, -0.05) is 81.4 Å². The molecule has 3 aromatic rings. The number of alkyl halides is 1. The number of hydrogen-bond acceptors (Lipinski definition) is 5. The third-order valence-electron chi connectivity index (χ3n) is 8.16. The molecular weight excluding hydrogens is 567 g/mol. The smallest absolute Gasteiger partial charge is 0.320 e. The monoisotopic (exact) mass is 610 g/mol. The van der Waals surface area contributed by atoms with E-state index in [9.17, 15) is 13.2 Å². The van der Waals surface area contributed by atoms with Gasteiger partial charge in [-0.2, -0.15) is 4.31 Å². The summed E-state index contributed by atoms with van der Waals surface area (Å²) in [5, 5.41) is -0.296. The van der Waals surface area contributed by atoms with E-state index in [4.69, 9.17) is 10.7 Å². The first-order valence-corrected chi connectivity index (χ1v) is 16.5. The van der Waals surface area contributed by atoms with Crippen molar-refractivity contribution in [3.05, 3.63) is 78.2 Å². The Bertz CT molecular complexity index is 1480. The molecule has 232 valence electrons. The van der Waals surface area contributed by atoms with Crippen molar-refractivity contribution in [1.29, 1.82) is 0 Å². The molecule has 0 radical (unpaired) electrons. The number of carbonyl (C=O) groups is 1. The zero-order valence-electron chi connectivity index (χ0n) is 25.3. The van der Waals surface area contributed by atoms with E-state index >= 15 is 4.39 Å². The van der Waals surface area contributed by atoms with Crippen LogP contribution in [0.5, 0.6) is 0 Å². The lowest BCUT2D eigenvalue weighted by molar-refractivity contribution is 0.0615. The number of rotatable bonds is 10. The van der Waals surface area contributed by atoms with Gasteiger partial charge in [-0.05, 0) is 23.8 Å². The Kier molecular flexibility index (Phi) is 9.24. The van der Waals surface area contributed by atoms with E-state index in [2.05, 4.69) is 4.57 Å². The van der Waals surface area contributed by atoms with Crippen LogP contribution in [-0.2, 0) is 16.6 Å². The highest BCUT2D eigenvalue weighted by Gasteiger charge is 2.44. The van der Waals surface area contributed by atoms with Gasteiger partial charge in [0, 0.05) is 51.0 Å². The van der Waals surface area contributed by atoms with E-state index in [1.807, 2.05) is 87.6 Å². The first-order chi connectivity index (χ1) is 20.5. The van der Waals surface area contributed by atoms with Gasteiger partial charge in [-0.3, -0.25) is 0 Å². The summed E-state index contributed by atoms with van der Waals surface area (Å²) < 4.78 is 44.3. The van der Waals surface area contributed by atoms with Crippen molar-refractivity contribution in [3.8, 4) is 11.3 Å². The van der Waals surface area contributed by atoms with Crippen molar-refractivity contribution in [2.75, 3.05) is 39.3 Å². The number of nitrogens with two attached hydrogens (primary N) is 1. The lowest BCUT2D eigenvalue weighted by Crippen LogP contribution is -2.57. The Morgan fingerprint density at radius 3 is 2.19 bits per heavy atom. The number of carbonyl (C=O) groups excluding carboxylic acids is 1. The molecule has 2 fully saturated rings. The minimum atomic E-state index is -3.33. The van der Waals surface area contributed by atoms with Crippen LogP contribution in [0.25, 0.3) is 11.3 Å². The number of sulfonamides is 1. The maximum atomic E-state index is 15.2. The number of nitrogens with zero attached hydrogens (tertiary/aromatic N) is 5. The quantitative estimate of drug-likeness (QED) is 0.364. The topological polar surface area (TPSA) is 105 Å². The number of aromatic nitrogens is 2. The van der Waals surface area contributed by atoms with Gasteiger partial charge in [0.2, 0.25) is 10.0 Å². The summed E-state index contributed by atoms with van der Waals surface area (Å²) in [6.45, 7) is 7.13. The molecule has 0 bridgehead atoms. The fraction of sp³-hybridized carbons (Fsp3) is 0.500. The summed E-state index contributed by atoms with van der Waals surface area (Å²) in [4.78, 5) is 22.6. The van der Waals surface area contributed by atoms with Crippen molar-refractivity contribution in [3.63, 3.8) is 0 Å². The molecule has 1 aliphatic heterocycles. The Morgan fingerprint density at radius 2 is 1.63 bits per heavy atom. The van der Waals surface area contributed by atoms with E-state index in [1.165, 1.54) is 4.31 Å². The summed E-state index contributed by atoms with van der Waals surface area (Å²) in [7, 11) is -3.33. The van der Waals surface area contributed by atoms with Crippen LogP contribution in [0.1, 0.15) is 51.0 Å². The van der Waals surface area contributed by atoms with Crippen LogP contribution in [0.4, 0.5) is 9.18 Å². The van der Waals surface area contributed by atoms with Gasteiger partial charge in [0.25, 0.3) is 0 Å². The summed E-state index contributed by atoms with van der Waals surface area (Å²) in [5.41, 5.74) is 7.99. The molecule has 2 atom stereocenters. The predicted octanol–water partition coefficient (Wildman–Crippen LogP) is 4.51. The van der Waals surface area contributed by atoms with Gasteiger partial charge < -0.3 is 20.1 Å². The zero-order valence-corrected chi connectivity index (χ0v) is 26.1. The van der Waals surface area contributed by atoms with E-state index in [0.29, 0.717) is 25.2 Å². The maximum absolute atomic E-state index is 15.2. The number of amides is 2. The molecule has 43 heavy (non-hydrogen) atoms. The van der Waals surface area contributed by atoms with Crippen molar-refractivity contribution < 1.29 is 17.6 Å². The third kappa shape index (κ3) is 7.11. The number of halogens is 1. The molecule has 0 spiro atoms. The summed E-state index contributed by atoms with van der Waals surface area (Å²) in [6, 6.07) is 19.0. The first kappa shape index (κ1) is 31.2. The SMILES string of the molecule is CC(C)(C)C(c1nc(-c2ccccc2)cn1Cc1ccccc1)N(CC(F)CN)C(=O)N1CCN(S(=O)(=O)C2CC2)CC1. The van der Waals surface area contributed by atoms with Crippen molar-refractivity contribution in [2.45, 2.75) is 57.6 Å². The number of hydrogen-bond donors (Lipinski definition) is 1. The predicted molar refractivity (Wildman–Crippen MR) is 167 cm³/mol. The Balaban J connectivity index is 1.52. The molecule has 9 nitrogen and oxygen atoms in total. The molecule has 5 rings (SSSR count). The third-order valence-corrected chi connectivity index (χ3v) is 10.6. The molecule has 2 amide bonds. The van der Waals surface area contributed by atoms with Gasteiger partial charge in [0.1, 0.15) is 12.0 Å². The van der Waals surface area contributed by atoms with Gasteiger partial charge in [-0.15, -0.1) is 0 Å². The zero-order chi connectivity index (χ0) is 30.8. The Morgan fingerprint density at radius 1 is 1.02 bits per heavy atom. The van der Waals surface area contributed by atoms with Crippen molar-refractivity contribution in [1.82, 2.24) is 23.7 Å². The molecule has 11 heteroatoms. The molecule has 2 N–H and O–H groups in total. The average Bonchev–Trinajstić information content (AvgIpc) is 3.79. The standard InChI is InChI=1S/C32H43FN6O3S/c1-32(2,3)29(30-35-28(25-12-8-5-9-13-25)23-37(30)21-24-10-6-4-7-11-24)39(22-26(33)20-34)31(40)36-16-18-38(19-17-36)43(41,42)27-14-15-27/h4-13,23,26-27,29H,14-22,34H2,1-3H3. The molecule has 2 unspecified atom stereocenters. The molecule has 1 saturated carbocycles. The highest BCUT2D eigenvalue weighted by atomic mass is 32.2. The van der Waals surface area contributed by atoms with Crippen LogP contribution < -0.4 is 5.73 Å². The van der Waals surface area contributed by atoms with Gasteiger partial charge in [0.05, 0.1) is 23.5 Å². The minimum Gasteiger partial charge on any atom is -0.328 e. The van der Waals surface area contributed by atoms with Gasteiger partial charge in [-0.25, -0.2) is 22.6 Å². The number of imidazole rings is 1. The highest BCUT2D eigenvalue weighted by Crippen LogP contribution is 2.40. The van der Waals surface area contributed by atoms with Crippen LogP contribution in [0, 0.1) is 5.41 Å². The van der Waals surface area contributed by atoms with Gasteiger partial charge >= 0.3 is 6.03 Å². The molecule has 2 aromatic carbocycles. The fourth-order valence-corrected chi connectivity index (χ4v) is 7.60. The van der Waals surface area contributed by atoms with Gasteiger partial charge in [0.15, 0.2) is 0 Å². The second kappa shape index (κ2) is 12.8. The lowest BCUT2D eigenvalue weighted by atomic mass is 9.84. The summed E-state index contributed by atoms with van der Waals surface area (Å²) >= 11 is 0. The van der Waals surface area contributed by atoms with Crippen LogP contribution >= 0.6 is 0 Å². The summed E-state index contributed by atoms with van der Waals surface area (Å²) in [6.07, 6.45) is 1.95. The van der Waals surface area contributed by atoms with Crippen molar-refractivity contribution >= 4 is 16.1 Å². The second-order valence-corrected chi connectivity index (χ2v) is 14.8. The second-order valence-electron chi connectivity index (χ2n) is 12.6. The van der Waals surface area contributed by atoms with E-state index in [0.717, 1.165) is 16.8 Å². The largest absolute Gasteiger partial charge is 0.328 e. The molecule has 1 saturated heterocycles. The van der Waals surface area contributed by atoms with E-state index in [-0.39, 0.29) is 50.5 Å². The first-order valence-electron chi connectivity index (χ1n) is 15.0. The van der Waals surface area contributed by atoms with Crippen LogP contribution in [0.15, 0.2) is 66.9 Å². The normalized spacial score (nSPS) is 17.9. The Hall–Kier alpha value is -3.28. The highest BCUT2D eigenvalue weighted by molar-refractivity contribution is 7.90. The van der Waals surface area contributed by atoms with Crippen molar-refractivity contribution in [2.24, 2.45) is 11.1 Å². The summed E-state index contributed by atoms with van der Waals surface area (Å²) in [5.74, 6) is 0.655. The average molecular weight is 611 g/mol. The molecule has 2 aliphatic rings. The Labute approximate surface area is 254 Å². The van der Waals surface area contributed by atoms with Crippen LogP contribution in [0.2, 0.25) is 0 Å². The fourth-order valence-electron chi connectivity index (χ4n) is 5.77. The van der Waals surface area contributed by atoms with E-state index in [1.54, 1.807) is 9.80 Å². The van der Waals surface area contributed by atoms with Crippen LogP contribution in [0.3, 0.4) is 0 Å². The van der Waals surface area contributed by atoms with E-state index < -0.39 is 27.7 Å². The van der Waals surface area contributed by atoms with Crippen LogP contribution in [-0.4, -0.2) is 88.8 Å². The molecule has 1 aromatic heterocycles. The number of piperazine rings is 1. The molecule has 1 aliphatic carbocycles. The minimum absolute atomic E-state index is 0.198. The molecule has 2 heterocycles. The maximum Gasteiger partial charge on any atom is 0.320 e. The molecular formula is C32H43FN6O3S. The number of urea groups is 1.